The molecule has 0 aliphatic rings. The predicted octanol–water partition coefficient (Wildman–Crippen LogP) is 3.83. The molecule has 0 bridgehead atoms. The maximum atomic E-state index is 8.55. The van der Waals surface area contributed by atoms with Gasteiger partial charge in [0, 0.05) is 37.3 Å². The van der Waals surface area contributed by atoms with Crippen LogP contribution in [-0.2, 0) is 13.1 Å². The van der Waals surface area contributed by atoms with E-state index in [0.29, 0.717) is 12.5 Å². The molecular formula is C17H23N3. The number of aryl methyl sites for hydroxylation is 1. The van der Waals surface area contributed by atoms with E-state index in [9.17, 15) is 0 Å². The average Bonchev–Trinajstić information content (AvgIpc) is 2.84. The molecule has 0 spiro atoms. The lowest BCUT2D eigenvalue weighted by Gasteiger charge is -2.09. The van der Waals surface area contributed by atoms with Gasteiger partial charge in [-0.15, -0.1) is 0 Å². The molecule has 0 saturated carbocycles. The molecule has 0 atom stereocenters. The molecular weight excluding hydrogens is 246 g/mol. The summed E-state index contributed by atoms with van der Waals surface area (Å²) in [4.78, 5) is 0. The highest BCUT2D eigenvalue weighted by molar-refractivity contribution is 5.80. The van der Waals surface area contributed by atoms with Gasteiger partial charge in [0.1, 0.15) is 0 Å². The largest absolute Gasteiger partial charge is 0.347 e. The summed E-state index contributed by atoms with van der Waals surface area (Å²) in [5.41, 5.74) is 2.61. The van der Waals surface area contributed by atoms with Crippen molar-refractivity contribution in [3.8, 4) is 6.07 Å². The van der Waals surface area contributed by atoms with Gasteiger partial charge >= 0.3 is 0 Å². The van der Waals surface area contributed by atoms with Gasteiger partial charge in [0.15, 0.2) is 0 Å². The number of aromatic nitrogens is 1. The number of rotatable bonds is 7. The third-order valence-corrected chi connectivity index (χ3v) is 3.49. The quantitative estimate of drug-likeness (QED) is 0.776. The van der Waals surface area contributed by atoms with Crippen molar-refractivity contribution in [3.63, 3.8) is 0 Å². The first-order valence-electron chi connectivity index (χ1n) is 7.39. The van der Waals surface area contributed by atoms with Crippen LogP contribution in [0.4, 0.5) is 0 Å². The lowest BCUT2D eigenvalue weighted by atomic mass is 10.1. The van der Waals surface area contributed by atoms with E-state index in [2.05, 4.69) is 60.3 Å². The Morgan fingerprint density at radius 2 is 2.10 bits per heavy atom. The van der Waals surface area contributed by atoms with Gasteiger partial charge in [-0.3, -0.25) is 0 Å². The van der Waals surface area contributed by atoms with Crippen molar-refractivity contribution in [1.29, 1.82) is 5.26 Å². The first-order chi connectivity index (χ1) is 9.70. The summed E-state index contributed by atoms with van der Waals surface area (Å²) < 4.78 is 2.28. The van der Waals surface area contributed by atoms with Gasteiger partial charge in [0.05, 0.1) is 6.07 Å². The van der Waals surface area contributed by atoms with Crippen molar-refractivity contribution in [1.82, 2.24) is 9.88 Å². The predicted molar refractivity (Wildman–Crippen MR) is 83.4 cm³/mol. The monoisotopic (exact) mass is 269 g/mol. The summed E-state index contributed by atoms with van der Waals surface area (Å²) in [6, 6.07) is 11.6. The van der Waals surface area contributed by atoms with Crippen LogP contribution in [0.1, 0.15) is 38.7 Å². The van der Waals surface area contributed by atoms with Crippen molar-refractivity contribution < 1.29 is 0 Å². The number of hydrogen-bond donors (Lipinski definition) is 1. The van der Waals surface area contributed by atoms with Crippen LogP contribution in [0, 0.1) is 11.3 Å². The van der Waals surface area contributed by atoms with E-state index in [0.717, 1.165) is 25.9 Å². The van der Waals surface area contributed by atoms with Crippen molar-refractivity contribution in [2.24, 2.45) is 0 Å². The molecule has 0 amide bonds. The summed E-state index contributed by atoms with van der Waals surface area (Å²) in [6.07, 6.45) is 4.85. The summed E-state index contributed by atoms with van der Waals surface area (Å²) in [7, 11) is 0. The summed E-state index contributed by atoms with van der Waals surface area (Å²) in [5.74, 6) is 0. The maximum absolute atomic E-state index is 8.55. The summed E-state index contributed by atoms with van der Waals surface area (Å²) in [6.45, 7) is 6.24. The first kappa shape index (κ1) is 14.6. The molecule has 0 aliphatic carbocycles. The van der Waals surface area contributed by atoms with Crippen molar-refractivity contribution >= 4 is 10.9 Å². The highest BCUT2D eigenvalue weighted by Gasteiger charge is 2.03. The summed E-state index contributed by atoms with van der Waals surface area (Å²) in [5, 5.41) is 13.3. The molecule has 0 saturated heterocycles. The number of benzene rings is 1. The fourth-order valence-electron chi connectivity index (χ4n) is 2.36. The number of unbranched alkanes of at least 4 members (excludes halogenated alkanes) is 2. The topological polar surface area (TPSA) is 40.8 Å². The van der Waals surface area contributed by atoms with Crippen molar-refractivity contribution in [2.45, 2.75) is 52.2 Å². The Morgan fingerprint density at radius 3 is 2.85 bits per heavy atom. The van der Waals surface area contributed by atoms with Crippen LogP contribution in [0.3, 0.4) is 0 Å². The van der Waals surface area contributed by atoms with Gasteiger partial charge in [-0.2, -0.15) is 5.26 Å². The lowest BCUT2D eigenvalue weighted by Crippen LogP contribution is -2.21. The molecule has 0 aliphatic heterocycles. The van der Waals surface area contributed by atoms with E-state index in [1.54, 1.807) is 0 Å². The van der Waals surface area contributed by atoms with Gasteiger partial charge in [0.25, 0.3) is 0 Å². The lowest BCUT2D eigenvalue weighted by molar-refractivity contribution is 0.589. The number of hydrogen-bond acceptors (Lipinski definition) is 2. The van der Waals surface area contributed by atoms with E-state index in [4.69, 9.17) is 5.26 Å². The highest BCUT2D eigenvalue weighted by Crippen LogP contribution is 2.18. The minimum atomic E-state index is 0.510. The van der Waals surface area contributed by atoms with Gasteiger partial charge in [0.2, 0.25) is 0 Å². The maximum Gasteiger partial charge on any atom is 0.0621 e. The third-order valence-electron chi connectivity index (χ3n) is 3.49. The van der Waals surface area contributed by atoms with Crippen molar-refractivity contribution in [3.05, 3.63) is 36.0 Å². The Morgan fingerprint density at radius 1 is 1.25 bits per heavy atom. The van der Waals surface area contributed by atoms with Crippen LogP contribution < -0.4 is 5.32 Å². The molecule has 1 N–H and O–H groups in total. The molecule has 1 aromatic carbocycles. The van der Waals surface area contributed by atoms with E-state index >= 15 is 0 Å². The average molecular weight is 269 g/mol. The first-order valence-corrected chi connectivity index (χ1v) is 7.39. The standard InChI is InChI=1S/C17H23N3/c1-14(2)19-13-15-6-7-17-16(12-15)8-11-20(17)10-5-3-4-9-18/h6-8,11-12,14,19H,3-5,10,13H2,1-2H3. The fraction of sp³-hybridized carbons (Fsp3) is 0.471. The van der Waals surface area contributed by atoms with Crippen LogP contribution in [0.5, 0.6) is 0 Å². The Bertz CT molecular complexity index is 590. The van der Waals surface area contributed by atoms with Crippen molar-refractivity contribution in [2.75, 3.05) is 0 Å². The van der Waals surface area contributed by atoms with Crippen LogP contribution >= 0.6 is 0 Å². The SMILES string of the molecule is CC(C)NCc1ccc2c(ccn2CCCCC#N)c1. The van der Waals surface area contributed by atoms with Gasteiger partial charge < -0.3 is 9.88 Å². The second-order valence-corrected chi connectivity index (χ2v) is 5.55. The minimum absolute atomic E-state index is 0.510. The zero-order valence-electron chi connectivity index (χ0n) is 12.4. The smallest absolute Gasteiger partial charge is 0.0621 e. The molecule has 3 heteroatoms. The molecule has 106 valence electrons. The van der Waals surface area contributed by atoms with E-state index in [1.807, 2.05) is 0 Å². The summed E-state index contributed by atoms with van der Waals surface area (Å²) >= 11 is 0. The van der Waals surface area contributed by atoms with E-state index in [-0.39, 0.29) is 0 Å². The molecule has 0 fully saturated rings. The molecule has 0 unspecified atom stereocenters. The van der Waals surface area contributed by atoms with Gasteiger partial charge in [-0.1, -0.05) is 19.9 Å². The van der Waals surface area contributed by atoms with Crippen LogP contribution in [0.2, 0.25) is 0 Å². The Labute approximate surface area is 121 Å². The normalized spacial score (nSPS) is 11.1. The molecule has 1 heterocycles. The molecule has 3 nitrogen and oxygen atoms in total. The zero-order valence-corrected chi connectivity index (χ0v) is 12.4. The minimum Gasteiger partial charge on any atom is -0.347 e. The van der Waals surface area contributed by atoms with Gasteiger partial charge in [-0.05, 0) is 42.0 Å². The molecule has 2 aromatic rings. The Hall–Kier alpha value is -1.79. The molecule has 2 rings (SSSR count). The fourth-order valence-corrected chi connectivity index (χ4v) is 2.36. The molecule has 20 heavy (non-hydrogen) atoms. The van der Waals surface area contributed by atoms with Crippen LogP contribution in [0.25, 0.3) is 10.9 Å². The van der Waals surface area contributed by atoms with E-state index < -0.39 is 0 Å². The Kier molecular flexibility index (Phi) is 5.20. The third kappa shape index (κ3) is 3.85. The zero-order chi connectivity index (χ0) is 14.4. The second-order valence-electron chi connectivity index (χ2n) is 5.55. The molecule has 1 aromatic heterocycles. The van der Waals surface area contributed by atoms with Crippen LogP contribution in [-0.4, -0.2) is 10.6 Å². The number of fused-ring (bicyclic) bond motifs is 1. The second kappa shape index (κ2) is 7.12. The number of nitrogens with one attached hydrogen (secondary N) is 1. The number of nitriles is 1. The van der Waals surface area contributed by atoms with Crippen LogP contribution in [0.15, 0.2) is 30.5 Å². The highest BCUT2D eigenvalue weighted by atomic mass is 14.9. The van der Waals surface area contributed by atoms with Gasteiger partial charge in [-0.25, -0.2) is 0 Å². The van der Waals surface area contributed by atoms with E-state index in [1.165, 1.54) is 16.5 Å². The Balaban J connectivity index is 2.03. The number of nitrogens with zero attached hydrogens (tertiary/aromatic N) is 2. The molecule has 0 radical (unpaired) electrons.